The number of hydrogen-bond donors (Lipinski definition) is 1. The SMILES string of the molecule is CCCCCCCCCCCCCCCCOc1cc(C)c(S(=O)(=O)O)c(C)c1. The Bertz CT molecular complexity index is 644. The largest absolute Gasteiger partial charge is 0.494 e. The van der Waals surface area contributed by atoms with Crippen molar-refractivity contribution in [1.82, 2.24) is 0 Å². The van der Waals surface area contributed by atoms with Gasteiger partial charge in [-0.2, -0.15) is 8.42 Å². The molecule has 0 spiro atoms. The first-order valence-electron chi connectivity index (χ1n) is 11.6. The van der Waals surface area contributed by atoms with Crippen molar-refractivity contribution in [3.05, 3.63) is 23.3 Å². The summed E-state index contributed by atoms with van der Waals surface area (Å²) in [5, 5.41) is 0. The second kappa shape index (κ2) is 14.8. The highest BCUT2D eigenvalue weighted by molar-refractivity contribution is 7.86. The molecule has 4 nitrogen and oxygen atoms in total. The van der Waals surface area contributed by atoms with Crippen LogP contribution < -0.4 is 4.74 Å². The fourth-order valence-electron chi connectivity index (χ4n) is 3.89. The molecule has 5 heteroatoms. The van der Waals surface area contributed by atoms with Crippen molar-refractivity contribution in [3.63, 3.8) is 0 Å². The molecular weight excluding hydrogens is 384 g/mol. The van der Waals surface area contributed by atoms with E-state index in [0.29, 0.717) is 23.5 Å². The minimum Gasteiger partial charge on any atom is -0.494 e. The van der Waals surface area contributed by atoms with E-state index in [4.69, 9.17) is 4.74 Å². The lowest BCUT2D eigenvalue weighted by Gasteiger charge is -2.11. The second-order valence-electron chi connectivity index (χ2n) is 8.31. The Morgan fingerprint density at radius 1 is 0.724 bits per heavy atom. The molecule has 0 saturated carbocycles. The van der Waals surface area contributed by atoms with Crippen LogP contribution in [0.15, 0.2) is 17.0 Å². The third-order valence-electron chi connectivity index (χ3n) is 5.46. The van der Waals surface area contributed by atoms with Crippen LogP contribution in [0.2, 0.25) is 0 Å². The van der Waals surface area contributed by atoms with Crippen molar-refractivity contribution in [2.75, 3.05) is 6.61 Å². The quantitative estimate of drug-likeness (QED) is 0.208. The van der Waals surface area contributed by atoms with Crippen LogP contribution >= 0.6 is 0 Å². The Kier molecular flexibility index (Phi) is 13.3. The molecule has 0 aliphatic rings. The summed E-state index contributed by atoms with van der Waals surface area (Å²) in [6.45, 7) is 6.26. The molecule has 168 valence electrons. The number of benzene rings is 1. The Morgan fingerprint density at radius 3 is 1.48 bits per heavy atom. The normalized spacial score (nSPS) is 11.7. The summed E-state index contributed by atoms with van der Waals surface area (Å²) in [6.07, 6.45) is 18.6. The maximum atomic E-state index is 11.4. The fourth-order valence-corrected chi connectivity index (χ4v) is 4.82. The zero-order valence-corrected chi connectivity index (χ0v) is 19.7. The molecule has 0 atom stereocenters. The first-order chi connectivity index (χ1) is 13.9. The lowest BCUT2D eigenvalue weighted by Crippen LogP contribution is -2.05. The van der Waals surface area contributed by atoms with Crippen molar-refractivity contribution >= 4 is 10.1 Å². The Morgan fingerprint density at radius 2 is 1.10 bits per heavy atom. The van der Waals surface area contributed by atoms with Gasteiger partial charge in [-0.3, -0.25) is 4.55 Å². The van der Waals surface area contributed by atoms with Crippen LogP contribution in [0.1, 0.15) is 108 Å². The van der Waals surface area contributed by atoms with Crippen LogP contribution in [0.5, 0.6) is 5.75 Å². The number of ether oxygens (including phenoxy) is 1. The highest BCUT2D eigenvalue weighted by Gasteiger charge is 2.17. The van der Waals surface area contributed by atoms with E-state index in [1.165, 1.54) is 83.5 Å². The van der Waals surface area contributed by atoms with E-state index >= 15 is 0 Å². The summed E-state index contributed by atoms with van der Waals surface area (Å²) < 4.78 is 37.9. The van der Waals surface area contributed by atoms with Crippen molar-refractivity contribution < 1.29 is 17.7 Å². The van der Waals surface area contributed by atoms with Gasteiger partial charge in [-0.1, -0.05) is 90.4 Å². The van der Waals surface area contributed by atoms with Crippen LogP contribution in [-0.2, 0) is 10.1 Å². The molecule has 1 aromatic carbocycles. The molecule has 0 fully saturated rings. The van der Waals surface area contributed by atoms with Crippen LogP contribution in [-0.4, -0.2) is 19.6 Å². The monoisotopic (exact) mass is 426 g/mol. The second-order valence-corrected chi connectivity index (χ2v) is 9.66. The maximum Gasteiger partial charge on any atom is 0.295 e. The van der Waals surface area contributed by atoms with Gasteiger partial charge in [0.1, 0.15) is 5.75 Å². The smallest absolute Gasteiger partial charge is 0.295 e. The summed E-state index contributed by atoms with van der Waals surface area (Å²) >= 11 is 0. The predicted octanol–water partition coefficient (Wildman–Crippen LogP) is 7.41. The first kappa shape index (κ1) is 26.0. The van der Waals surface area contributed by atoms with E-state index in [1.54, 1.807) is 26.0 Å². The van der Waals surface area contributed by atoms with E-state index < -0.39 is 10.1 Å². The average Bonchev–Trinajstić information content (AvgIpc) is 2.63. The van der Waals surface area contributed by atoms with Gasteiger partial charge in [0.25, 0.3) is 10.1 Å². The van der Waals surface area contributed by atoms with Crippen molar-refractivity contribution in [2.45, 2.75) is 116 Å². The highest BCUT2D eigenvalue weighted by Crippen LogP contribution is 2.25. The van der Waals surface area contributed by atoms with Gasteiger partial charge < -0.3 is 4.74 Å². The zero-order valence-electron chi connectivity index (χ0n) is 18.8. The molecule has 0 heterocycles. The lowest BCUT2D eigenvalue weighted by molar-refractivity contribution is 0.303. The average molecular weight is 427 g/mol. The van der Waals surface area contributed by atoms with Gasteiger partial charge in [-0.05, 0) is 43.5 Å². The van der Waals surface area contributed by atoms with Gasteiger partial charge in [0.05, 0.1) is 11.5 Å². The molecule has 0 bridgehead atoms. The molecular formula is C24H42O4S. The summed E-state index contributed by atoms with van der Waals surface area (Å²) in [6, 6.07) is 3.36. The molecule has 1 N–H and O–H groups in total. The molecule has 0 aromatic heterocycles. The van der Waals surface area contributed by atoms with E-state index in [0.717, 1.165) is 6.42 Å². The summed E-state index contributed by atoms with van der Waals surface area (Å²) in [5.41, 5.74) is 1.03. The molecule has 29 heavy (non-hydrogen) atoms. The summed E-state index contributed by atoms with van der Waals surface area (Å²) in [5.74, 6) is 0.669. The van der Waals surface area contributed by atoms with Crippen LogP contribution in [0.25, 0.3) is 0 Å². The molecule has 0 aliphatic heterocycles. The number of aryl methyl sites for hydroxylation is 2. The van der Waals surface area contributed by atoms with Gasteiger partial charge in [0, 0.05) is 0 Å². The van der Waals surface area contributed by atoms with Crippen molar-refractivity contribution in [3.8, 4) is 5.75 Å². The van der Waals surface area contributed by atoms with E-state index in [-0.39, 0.29) is 4.90 Å². The Labute approximate surface area is 179 Å². The Balaban J connectivity index is 2.03. The Hall–Kier alpha value is -1.07. The minimum absolute atomic E-state index is 0.0126. The number of rotatable bonds is 17. The number of unbranched alkanes of at least 4 members (excludes halogenated alkanes) is 13. The predicted molar refractivity (Wildman–Crippen MR) is 122 cm³/mol. The third-order valence-corrected chi connectivity index (χ3v) is 6.62. The molecule has 1 rings (SSSR count). The summed E-state index contributed by atoms with van der Waals surface area (Å²) in [4.78, 5) is -0.0126. The lowest BCUT2D eigenvalue weighted by atomic mass is 10.0. The standard InChI is InChI=1S/C24H42O4S/c1-4-5-6-7-8-9-10-11-12-13-14-15-16-17-18-28-23-19-21(2)24(22(3)20-23)29(25,26)27/h19-20H,4-18H2,1-3H3,(H,25,26,27). The van der Waals surface area contributed by atoms with Gasteiger partial charge in [0.15, 0.2) is 0 Å². The molecule has 0 amide bonds. The summed E-state index contributed by atoms with van der Waals surface area (Å²) in [7, 11) is -4.19. The van der Waals surface area contributed by atoms with Crippen LogP contribution in [0.3, 0.4) is 0 Å². The van der Waals surface area contributed by atoms with E-state index in [1.807, 2.05) is 0 Å². The highest BCUT2D eigenvalue weighted by atomic mass is 32.2. The zero-order chi connectivity index (χ0) is 21.5. The van der Waals surface area contributed by atoms with Gasteiger partial charge in [-0.15, -0.1) is 0 Å². The van der Waals surface area contributed by atoms with Gasteiger partial charge in [0.2, 0.25) is 0 Å². The maximum absolute atomic E-state index is 11.4. The fraction of sp³-hybridized carbons (Fsp3) is 0.750. The van der Waals surface area contributed by atoms with Gasteiger partial charge >= 0.3 is 0 Å². The van der Waals surface area contributed by atoms with E-state index in [2.05, 4.69) is 6.92 Å². The minimum atomic E-state index is -4.19. The first-order valence-corrected chi connectivity index (χ1v) is 13.0. The van der Waals surface area contributed by atoms with E-state index in [9.17, 15) is 13.0 Å². The molecule has 1 aromatic rings. The van der Waals surface area contributed by atoms with Gasteiger partial charge in [-0.25, -0.2) is 0 Å². The molecule has 0 unspecified atom stereocenters. The van der Waals surface area contributed by atoms with Crippen molar-refractivity contribution in [1.29, 1.82) is 0 Å². The third kappa shape index (κ3) is 11.6. The van der Waals surface area contributed by atoms with Crippen molar-refractivity contribution in [2.24, 2.45) is 0 Å². The van der Waals surface area contributed by atoms with Crippen LogP contribution in [0, 0.1) is 13.8 Å². The molecule has 0 radical (unpaired) electrons. The number of hydrogen-bond acceptors (Lipinski definition) is 3. The molecule has 0 aliphatic carbocycles. The topological polar surface area (TPSA) is 63.6 Å². The molecule has 0 saturated heterocycles. The van der Waals surface area contributed by atoms with Crippen LogP contribution in [0.4, 0.5) is 0 Å².